The van der Waals surface area contributed by atoms with E-state index >= 15 is 0 Å². The van der Waals surface area contributed by atoms with Crippen molar-refractivity contribution in [1.82, 2.24) is 0 Å². The highest BCUT2D eigenvalue weighted by Crippen LogP contribution is 2.47. The average molecular weight is 581 g/mol. The van der Waals surface area contributed by atoms with Gasteiger partial charge in [-0.1, -0.05) is 98.6 Å². The van der Waals surface area contributed by atoms with Crippen LogP contribution in [0.3, 0.4) is 0 Å². The fourth-order valence-electron chi connectivity index (χ4n) is 5.53. The minimum atomic E-state index is -0.374. The molecule has 0 saturated carbocycles. The van der Waals surface area contributed by atoms with Crippen LogP contribution in [-0.2, 0) is 5.41 Å². The van der Waals surface area contributed by atoms with Crippen LogP contribution in [0.5, 0.6) is 0 Å². The summed E-state index contributed by atoms with van der Waals surface area (Å²) in [7, 11) is 0. The highest BCUT2D eigenvalue weighted by Gasteiger charge is 2.36. The fraction of sp³-hybridized carbons (Fsp3) is 0.143. The minimum Gasteiger partial charge on any atom is -0.143 e. The molecule has 5 aromatic rings. The number of benzene rings is 5. The van der Waals surface area contributed by atoms with Gasteiger partial charge in [0, 0.05) is 25.0 Å². The third-order valence-corrected chi connectivity index (χ3v) is 9.10. The Bertz CT molecular complexity index is 1500. The lowest BCUT2D eigenvalue weighted by atomic mass is 9.66. The van der Waals surface area contributed by atoms with Gasteiger partial charge in [-0.25, -0.2) is 0 Å². The van der Waals surface area contributed by atoms with Gasteiger partial charge in [0.1, 0.15) is 0 Å². The average Bonchev–Trinajstić information content (AvgIpc) is 2.96. The maximum atomic E-state index is 4.88. The van der Waals surface area contributed by atoms with E-state index in [9.17, 15) is 0 Å². The maximum absolute atomic E-state index is 4.88. The molecule has 0 fully saturated rings. The van der Waals surface area contributed by atoms with Crippen LogP contribution in [0.2, 0.25) is 0 Å². The Labute approximate surface area is 254 Å². The van der Waals surface area contributed by atoms with E-state index in [1.54, 1.807) is 0 Å². The SMILES string of the molecule is CCCCC(c1ccccc1)(c1ccc(S)c(-c2ccccc2S)c1)c1ccc(S)c(-c2ccccc2S)c1. The molecule has 0 N–H and O–H groups in total. The topological polar surface area (TPSA) is 0 Å². The van der Waals surface area contributed by atoms with Crippen LogP contribution < -0.4 is 0 Å². The zero-order valence-corrected chi connectivity index (χ0v) is 25.5. The standard InChI is InChI=1S/C35H32S4/c1-2-3-21-35(24-11-5-4-6-12-24,25-17-19-33(38)29(22-25)27-13-7-9-15-31(27)36)26-18-20-34(39)30(23-26)28-14-8-10-16-32(28)37/h4-20,22-23,36-39H,2-3,21H2,1H3. The van der Waals surface area contributed by atoms with Crippen LogP contribution in [0.25, 0.3) is 22.3 Å². The quantitative estimate of drug-likeness (QED) is 0.102. The van der Waals surface area contributed by atoms with E-state index in [1.807, 2.05) is 24.3 Å². The first-order valence-corrected chi connectivity index (χ1v) is 15.0. The van der Waals surface area contributed by atoms with Crippen LogP contribution in [-0.4, -0.2) is 0 Å². The summed E-state index contributed by atoms with van der Waals surface area (Å²) in [4.78, 5) is 3.76. The molecular formula is C35H32S4. The molecule has 0 aliphatic rings. The molecule has 0 amide bonds. The smallest absolute Gasteiger partial charge is 0.0451 e. The second-order valence-electron chi connectivity index (χ2n) is 9.87. The molecule has 5 aromatic carbocycles. The van der Waals surface area contributed by atoms with E-state index < -0.39 is 0 Å². The van der Waals surface area contributed by atoms with Gasteiger partial charge >= 0.3 is 0 Å². The van der Waals surface area contributed by atoms with Gasteiger partial charge in [-0.05, 0) is 81.8 Å². The number of rotatable bonds is 8. The predicted octanol–water partition coefficient (Wildman–Crippen LogP) is 10.7. The second kappa shape index (κ2) is 12.3. The lowest BCUT2D eigenvalue weighted by molar-refractivity contribution is 0.527. The summed E-state index contributed by atoms with van der Waals surface area (Å²) in [6, 6.07) is 40.8. The van der Waals surface area contributed by atoms with Gasteiger partial charge in [0.25, 0.3) is 0 Å². The van der Waals surface area contributed by atoms with Crippen molar-refractivity contribution in [3.05, 3.63) is 132 Å². The third-order valence-electron chi connectivity index (χ3n) is 7.54. The highest BCUT2D eigenvalue weighted by molar-refractivity contribution is 7.81. The largest absolute Gasteiger partial charge is 0.143 e. The van der Waals surface area contributed by atoms with E-state index in [4.69, 9.17) is 50.5 Å². The monoisotopic (exact) mass is 580 g/mol. The Morgan fingerprint density at radius 2 is 0.897 bits per heavy atom. The molecule has 0 saturated heterocycles. The Hall–Kier alpha value is -2.50. The lowest BCUT2D eigenvalue weighted by Gasteiger charge is -2.37. The van der Waals surface area contributed by atoms with Gasteiger partial charge < -0.3 is 0 Å². The van der Waals surface area contributed by atoms with E-state index in [1.165, 1.54) is 16.7 Å². The molecule has 5 rings (SSSR count). The molecule has 0 bridgehead atoms. The van der Waals surface area contributed by atoms with Crippen LogP contribution in [0.15, 0.2) is 135 Å². The molecule has 0 atom stereocenters. The molecule has 0 aliphatic carbocycles. The summed E-state index contributed by atoms with van der Waals surface area (Å²) >= 11 is 19.3. The predicted molar refractivity (Wildman–Crippen MR) is 179 cm³/mol. The molecule has 196 valence electrons. The van der Waals surface area contributed by atoms with E-state index in [-0.39, 0.29) is 5.41 Å². The Morgan fingerprint density at radius 3 is 1.36 bits per heavy atom. The molecule has 4 heteroatoms. The summed E-state index contributed by atoms with van der Waals surface area (Å²) in [6.07, 6.45) is 3.15. The zero-order valence-electron chi connectivity index (χ0n) is 21.9. The first-order valence-electron chi connectivity index (χ1n) is 13.2. The van der Waals surface area contributed by atoms with Crippen molar-refractivity contribution in [2.24, 2.45) is 0 Å². The molecule has 0 heterocycles. The van der Waals surface area contributed by atoms with Crippen molar-refractivity contribution < 1.29 is 0 Å². The highest BCUT2D eigenvalue weighted by atomic mass is 32.1. The minimum absolute atomic E-state index is 0.374. The molecule has 0 unspecified atom stereocenters. The number of thiol groups is 4. The molecule has 0 aliphatic heterocycles. The molecule has 0 spiro atoms. The first-order chi connectivity index (χ1) is 19.0. The van der Waals surface area contributed by atoms with E-state index in [0.29, 0.717) is 0 Å². The number of hydrogen-bond donors (Lipinski definition) is 4. The van der Waals surface area contributed by atoms with Crippen molar-refractivity contribution in [3.63, 3.8) is 0 Å². The van der Waals surface area contributed by atoms with Crippen LogP contribution in [0, 0.1) is 0 Å². The van der Waals surface area contributed by atoms with Crippen molar-refractivity contribution in [1.29, 1.82) is 0 Å². The van der Waals surface area contributed by atoms with Crippen LogP contribution in [0.1, 0.15) is 42.9 Å². The first kappa shape index (κ1) is 28.0. The zero-order chi connectivity index (χ0) is 27.4. The van der Waals surface area contributed by atoms with Gasteiger partial charge in [0.15, 0.2) is 0 Å². The number of unbranched alkanes of at least 4 members (excludes halogenated alkanes) is 1. The van der Waals surface area contributed by atoms with Crippen LogP contribution in [0.4, 0.5) is 0 Å². The van der Waals surface area contributed by atoms with Crippen molar-refractivity contribution >= 4 is 50.5 Å². The lowest BCUT2D eigenvalue weighted by Crippen LogP contribution is -2.29. The Balaban J connectivity index is 1.82. The molecule has 0 aromatic heterocycles. The fourth-order valence-corrected chi connectivity index (χ4v) is 6.62. The number of hydrogen-bond acceptors (Lipinski definition) is 4. The molecule has 39 heavy (non-hydrogen) atoms. The van der Waals surface area contributed by atoms with E-state index in [0.717, 1.165) is 61.1 Å². The van der Waals surface area contributed by atoms with Gasteiger partial charge in [0.05, 0.1) is 0 Å². The summed E-state index contributed by atoms with van der Waals surface area (Å²) < 4.78 is 0. The van der Waals surface area contributed by atoms with Crippen LogP contribution >= 0.6 is 50.5 Å². The van der Waals surface area contributed by atoms with Gasteiger partial charge in [-0.2, -0.15) is 0 Å². The molecular weight excluding hydrogens is 549 g/mol. The molecule has 0 radical (unpaired) electrons. The van der Waals surface area contributed by atoms with Crippen molar-refractivity contribution in [2.75, 3.05) is 0 Å². The van der Waals surface area contributed by atoms with Crippen molar-refractivity contribution in [3.8, 4) is 22.3 Å². The van der Waals surface area contributed by atoms with Gasteiger partial charge in [-0.15, -0.1) is 50.5 Å². The summed E-state index contributed by atoms with van der Waals surface area (Å²) in [5, 5.41) is 0. The molecule has 0 nitrogen and oxygen atoms in total. The Kier molecular flexibility index (Phi) is 8.88. The van der Waals surface area contributed by atoms with E-state index in [2.05, 4.69) is 97.9 Å². The van der Waals surface area contributed by atoms with Gasteiger partial charge in [-0.3, -0.25) is 0 Å². The second-order valence-corrected chi connectivity index (χ2v) is 11.8. The van der Waals surface area contributed by atoms with Gasteiger partial charge in [0.2, 0.25) is 0 Å². The van der Waals surface area contributed by atoms with Crippen molar-refractivity contribution in [2.45, 2.75) is 51.2 Å². The summed E-state index contributed by atoms with van der Waals surface area (Å²) in [5.41, 5.74) is 7.72. The summed E-state index contributed by atoms with van der Waals surface area (Å²) in [6.45, 7) is 2.26. The summed E-state index contributed by atoms with van der Waals surface area (Å²) in [5.74, 6) is 0. The Morgan fingerprint density at radius 1 is 0.462 bits per heavy atom. The maximum Gasteiger partial charge on any atom is 0.0451 e. The normalized spacial score (nSPS) is 11.5. The third kappa shape index (κ3) is 5.58.